The molecule has 0 fully saturated rings. The van der Waals surface area contributed by atoms with E-state index >= 15 is 0 Å². The number of halogens is 1. The maximum atomic E-state index is 12.0. The highest BCUT2D eigenvalue weighted by Gasteiger charge is 2.32. The van der Waals surface area contributed by atoms with Crippen molar-refractivity contribution in [1.29, 1.82) is 0 Å². The molecule has 0 saturated carbocycles. The molecule has 1 aromatic carbocycles. The van der Waals surface area contributed by atoms with Crippen molar-refractivity contribution in [3.63, 3.8) is 0 Å². The molecular weight excluding hydrogens is 280 g/mol. The summed E-state index contributed by atoms with van der Waals surface area (Å²) >= 11 is 5.81. The summed E-state index contributed by atoms with van der Waals surface area (Å²) < 4.78 is 4.79. The van der Waals surface area contributed by atoms with Crippen LogP contribution in [-0.4, -0.2) is 25.0 Å². The first-order chi connectivity index (χ1) is 9.56. The molecule has 0 aromatic heterocycles. The van der Waals surface area contributed by atoms with Crippen LogP contribution in [0.3, 0.4) is 0 Å². The van der Waals surface area contributed by atoms with Gasteiger partial charge in [-0.3, -0.25) is 0 Å². The monoisotopic (exact) mass is 294 g/mol. The SMILES string of the molecule is COC(=O)C1=C(CCl)NC(=O)N[C@@H]1c1ccc(C)cc1. The van der Waals surface area contributed by atoms with E-state index in [4.69, 9.17) is 16.3 Å². The second-order valence-electron chi connectivity index (χ2n) is 4.46. The lowest BCUT2D eigenvalue weighted by Crippen LogP contribution is -2.46. The van der Waals surface area contributed by atoms with Gasteiger partial charge in [0.2, 0.25) is 0 Å². The van der Waals surface area contributed by atoms with Crippen molar-refractivity contribution in [3.8, 4) is 0 Å². The predicted molar refractivity (Wildman–Crippen MR) is 75.3 cm³/mol. The smallest absolute Gasteiger partial charge is 0.338 e. The number of carbonyl (C=O) groups is 2. The highest BCUT2D eigenvalue weighted by molar-refractivity contribution is 6.20. The standard InChI is InChI=1S/C14H15ClN2O3/c1-8-3-5-9(6-4-8)12-11(13(18)20-2)10(7-15)16-14(19)17-12/h3-6,12H,7H2,1-2H3,(H2,16,17,19)/t12-/m1/s1. The Morgan fingerprint density at radius 1 is 1.35 bits per heavy atom. The third-order valence-corrected chi connectivity index (χ3v) is 3.37. The zero-order valence-electron chi connectivity index (χ0n) is 11.2. The molecule has 20 heavy (non-hydrogen) atoms. The van der Waals surface area contributed by atoms with Crippen LogP contribution in [0.2, 0.25) is 0 Å². The van der Waals surface area contributed by atoms with E-state index in [9.17, 15) is 9.59 Å². The Kier molecular flexibility index (Phi) is 4.29. The Morgan fingerprint density at radius 3 is 2.55 bits per heavy atom. The Balaban J connectivity index is 2.49. The first-order valence-electron chi connectivity index (χ1n) is 6.08. The van der Waals surface area contributed by atoms with Crippen LogP contribution >= 0.6 is 11.6 Å². The van der Waals surface area contributed by atoms with E-state index in [-0.39, 0.29) is 11.9 Å². The van der Waals surface area contributed by atoms with E-state index in [0.29, 0.717) is 11.3 Å². The highest BCUT2D eigenvalue weighted by Crippen LogP contribution is 2.28. The van der Waals surface area contributed by atoms with Gasteiger partial charge < -0.3 is 15.4 Å². The number of esters is 1. The Hall–Kier alpha value is -2.01. The number of urea groups is 1. The molecule has 5 nitrogen and oxygen atoms in total. The number of hydrogen-bond donors (Lipinski definition) is 2. The molecule has 2 N–H and O–H groups in total. The van der Waals surface area contributed by atoms with Crippen molar-refractivity contribution < 1.29 is 14.3 Å². The Labute approximate surface area is 121 Å². The van der Waals surface area contributed by atoms with Crippen molar-refractivity contribution in [1.82, 2.24) is 10.6 Å². The molecule has 1 aliphatic heterocycles. The lowest BCUT2D eigenvalue weighted by molar-refractivity contribution is -0.136. The molecule has 1 aromatic rings. The maximum Gasteiger partial charge on any atom is 0.338 e. The van der Waals surface area contributed by atoms with Crippen molar-refractivity contribution in [3.05, 3.63) is 46.7 Å². The van der Waals surface area contributed by atoms with E-state index in [1.165, 1.54) is 7.11 Å². The molecule has 2 rings (SSSR count). The van der Waals surface area contributed by atoms with Crippen LogP contribution in [0.1, 0.15) is 17.2 Å². The molecule has 0 aliphatic carbocycles. The van der Waals surface area contributed by atoms with Gasteiger partial charge in [0, 0.05) is 5.70 Å². The van der Waals surface area contributed by atoms with Gasteiger partial charge in [0.05, 0.1) is 24.6 Å². The molecule has 6 heteroatoms. The number of aryl methyl sites for hydroxylation is 1. The average molecular weight is 295 g/mol. The third-order valence-electron chi connectivity index (χ3n) is 3.10. The van der Waals surface area contributed by atoms with Gasteiger partial charge in [0.25, 0.3) is 0 Å². The minimum Gasteiger partial charge on any atom is -0.466 e. The van der Waals surface area contributed by atoms with Crippen molar-refractivity contribution in [2.24, 2.45) is 0 Å². The number of hydrogen-bond acceptors (Lipinski definition) is 3. The molecule has 1 atom stereocenters. The van der Waals surface area contributed by atoms with Crippen LogP contribution in [0.15, 0.2) is 35.5 Å². The summed E-state index contributed by atoms with van der Waals surface area (Å²) in [4.78, 5) is 23.6. The normalized spacial score (nSPS) is 18.4. The zero-order valence-corrected chi connectivity index (χ0v) is 12.0. The molecule has 106 valence electrons. The Bertz CT molecular complexity index is 566. The van der Waals surface area contributed by atoms with Crippen LogP contribution in [0.5, 0.6) is 0 Å². The summed E-state index contributed by atoms with van der Waals surface area (Å²) in [5, 5.41) is 5.25. The molecular formula is C14H15ClN2O3. The summed E-state index contributed by atoms with van der Waals surface area (Å²) in [7, 11) is 1.30. The number of methoxy groups -OCH3 is 1. The lowest BCUT2D eigenvalue weighted by Gasteiger charge is -2.28. The van der Waals surface area contributed by atoms with Crippen LogP contribution in [0.4, 0.5) is 4.79 Å². The molecule has 0 radical (unpaired) electrons. The van der Waals surface area contributed by atoms with Crippen LogP contribution in [-0.2, 0) is 9.53 Å². The molecule has 2 amide bonds. The van der Waals surface area contributed by atoms with Crippen LogP contribution < -0.4 is 10.6 Å². The molecule has 1 heterocycles. The van der Waals surface area contributed by atoms with E-state index in [0.717, 1.165) is 11.1 Å². The fourth-order valence-electron chi connectivity index (χ4n) is 2.08. The van der Waals surface area contributed by atoms with Gasteiger partial charge >= 0.3 is 12.0 Å². The van der Waals surface area contributed by atoms with Crippen molar-refractivity contribution in [2.45, 2.75) is 13.0 Å². The van der Waals surface area contributed by atoms with Gasteiger partial charge in [-0.15, -0.1) is 11.6 Å². The van der Waals surface area contributed by atoms with Crippen LogP contribution in [0, 0.1) is 6.92 Å². The fourth-order valence-corrected chi connectivity index (χ4v) is 2.29. The minimum absolute atomic E-state index is 0.0280. The van der Waals surface area contributed by atoms with Gasteiger partial charge in [-0.2, -0.15) is 0 Å². The zero-order chi connectivity index (χ0) is 14.7. The number of allylic oxidation sites excluding steroid dienone is 1. The van der Waals surface area contributed by atoms with Gasteiger partial charge in [-0.1, -0.05) is 29.8 Å². The minimum atomic E-state index is -0.564. The quantitative estimate of drug-likeness (QED) is 0.662. The topological polar surface area (TPSA) is 67.4 Å². The first kappa shape index (κ1) is 14.4. The summed E-state index contributed by atoms with van der Waals surface area (Å²) in [6, 6.07) is 6.60. The van der Waals surface area contributed by atoms with Crippen molar-refractivity contribution >= 4 is 23.6 Å². The number of nitrogens with one attached hydrogen (secondary N) is 2. The first-order valence-corrected chi connectivity index (χ1v) is 6.61. The molecule has 0 unspecified atom stereocenters. The summed E-state index contributed by atoms with van der Waals surface area (Å²) in [6.45, 7) is 1.96. The molecule has 1 aliphatic rings. The Morgan fingerprint density at radius 2 is 2.00 bits per heavy atom. The van der Waals surface area contributed by atoms with Gasteiger partial charge in [-0.05, 0) is 12.5 Å². The van der Waals surface area contributed by atoms with E-state index in [1.54, 1.807) is 0 Å². The summed E-state index contributed by atoms with van der Waals surface area (Å²) in [6.07, 6.45) is 0. The van der Waals surface area contributed by atoms with Gasteiger partial charge in [0.1, 0.15) is 0 Å². The van der Waals surface area contributed by atoms with E-state index in [1.807, 2.05) is 31.2 Å². The molecule has 0 saturated heterocycles. The predicted octanol–water partition coefficient (Wildman–Crippen LogP) is 2.01. The largest absolute Gasteiger partial charge is 0.466 e. The fraction of sp³-hybridized carbons (Fsp3) is 0.286. The number of benzene rings is 1. The molecule has 0 bridgehead atoms. The van der Waals surface area contributed by atoms with Gasteiger partial charge in [-0.25, -0.2) is 9.59 Å². The van der Waals surface area contributed by atoms with Crippen LogP contribution in [0.25, 0.3) is 0 Å². The van der Waals surface area contributed by atoms with E-state index in [2.05, 4.69) is 10.6 Å². The highest BCUT2D eigenvalue weighted by atomic mass is 35.5. The summed E-state index contributed by atoms with van der Waals surface area (Å²) in [5.74, 6) is -0.487. The number of alkyl halides is 1. The number of carbonyl (C=O) groups excluding carboxylic acids is 2. The van der Waals surface area contributed by atoms with E-state index < -0.39 is 12.0 Å². The second-order valence-corrected chi connectivity index (χ2v) is 4.73. The molecule has 0 spiro atoms. The number of amides is 2. The lowest BCUT2D eigenvalue weighted by atomic mass is 9.95. The number of rotatable bonds is 3. The maximum absolute atomic E-state index is 12.0. The second kappa shape index (κ2) is 5.96. The summed E-state index contributed by atoms with van der Waals surface area (Å²) in [5.41, 5.74) is 2.59. The van der Waals surface area contributed by atoms with Gasteiger partial charge in [0.15, 0.2) is 0 Å². The number of ether oxygens (including phenoxy) is 1. The van der Waals surface area contributed by atoms with Crippen molar-refractivity contribution in [2.75, 3.05) is 13.0 Å². The average Bonchev–Trinajstić information content (AvgIpc) is 2.46. The third kappa shape index (κ3) is 2.77.